The second-order valence-corrected chi connectivity index (χ2v) is 4.86. The number of hydrogen-bond acceptors (Lipinski definition) is 4. The zero-order valence-electron chi connectivity index (χ0n) is 10.8. The van der Waals surface area contributed by atoms with Crippen LogP contribution in [-0.4, -0.2) is 22.3 Å². The Morgan fingerprint density at radius 1 is 1.53 bits per heavy atom. The molecule has 0 spiro atoms. The van der Waals surface area contributed by atoms with Crippen LogP contribution in [0.2, 0.25) is 0 Å². The predicted molar refractivity (Wildman–Crippen MR) is 72.5 cm³/mol. The second-order valence-electron chi connectivity index (χ2n) is 4.86. The third kappa shape index (κ3) is 1.94. The van der Waals surface area contributed by atoms with Crippen molar-refractivity contribution in [1.29, 1.82) is 5.26 Å². The van der Waals surface area contributed by atoms with Crippen LogP contribution in [0.5, 0.6) is 0 Å². The summed E-state index contributed by atoms with van der Waals surface area (Å²) in [6.07, 6.45) is 2.24. The van der Waals surface area contributed by atoms with Crippen molar-refractivity contribution in [2.24, 2.45) is 0 Å². The van der Waals surface area contributed by atoms with E-state index in [9.17, 15) is 0 Å². The van der Waals surface area contributed by atoms with Crippen LogP contribution >= 0.6 is 0 Å². The van der Waals surface area contributed by atoms with E-state index in [2.05, 4.69) is 11.1 Å². The van der Waals surface area contributed by atoms with E-state index in [1.54, 1.807) is 6.07 Å². The topological polar surface area (TPSA) is 76.9 Å². The van der Waals surface area contributed by atoms with E-state index in [0.717, 1.165) is 30.5 Å². The van der Waals surface area contributed by atoms with Gasteiger partial charge < -0.3 is 15.0 Å². The van der Waals surface area contributed by atoms with Crippen LogP contribution in [0.15, 0.2) is 18.2 Å². The number of nitriles is 1. The smallest absolute Gasteiger partial charge is 0.201 e. The molecule has 0 aliphatic heterocycles. The van der Waals surface area contributed by atoms with Crippen LogP contribution in [0.3, 0.4) is 0 Å². The monoisotopic (exact) mass is 256 g/mol. The molecule has 1 aliphatic carbocycles. The first-order valence-electron chi connectivity index (χ1n) is 6.52. The lowest BCUT2D eigenvalue weighted by Crippen LogP contribution is -2.33. The summed E-state index contributed by atoms with van der Waals surface area (Å²) < 4.78 is 7.61. The Hall–Kier alpha value is -2.06. The number of fused-ring (bicyclic) bond motifs is 1. The fraction of sp³-hybridized carbons (Fsp3) is 0.429. The SMILES string of the molecule is CCOC1CC(n2c(N)nc3ccc(C#N)cc32)C1. The van der Waals surface area contributed by atoms with Gasteiger partial charge in [0, 0.05) is 12.6 Å². The van der Waals surface area contributed by atoms with Crippen molar-refractivity contribution in [1.82, 2.24) is 9.55 Å². The van der Waals surface area contributed by atoms with Crippen molar-refractivity contribution >= 4 is 17.0 Å². The van der Waals surface area contributed by atoms with E-state index < -0.39 is 0 Å². The van der Waals surface area contributed by atoms with Crippen LogP contribution in [0, 0.1) is 11.3 Å². The van der Waals surface area contributed by atoms with E-state index in [4.69, 9.17) is 15.7 Å². The number of anilines is 1. The molecular formula is C14H16N4O. The highest BCUT2D eigenvalue weighted by molar-refractivity contribution is 5.80. The first-order chi connectivity index (χ1) is 9.22. The summed E-state index contributed by atoms with van der Waals surface area (Å²) in [5.74, 6) is 0.519. The first-order valence-corrected chi connectivity index (χ1v) is 6.52. The molecule has 0 unspecified atom stereocenters. The number of imidazole rings is 1. The fourth-order valence-corrected chi connectivity index (χ4v) is 2.69. The first kappa shape index (κ1) is 12.0. The van der Waals surface area contributed by atoms with Crippen molar-refractivity contribution in [2.45, 2.75) is 31.9 Å². The Labute approximate surface area is 111 Å². The quantitative estimate of drug-likeness (QED) is 0.913. The van der Waals surface area contributed by atoms with Crippen molar-refractivity contribution in [2.75, 3.05) is 12.3 Å². The molecule has 0 amide bonds. The van der Waals surface area contributed by atoms with Crippen molar-refractivity contribution < 1.29 is 4.74 Å². The van der Waals surface area contributed by atoms with Gasteiger partial charge in [-0.3, -0.25) is 0 Å². The second kappa shape index (κ2) is 4.56. The molecule has 19 heavy (non-hydrogen) atoms. The van der Waals surface area contributed by atoms with Gasteiger partial charge in [-0.05, 0) is 38.0 Å². The van der Waals surface area contributed by atoms with Gasteiger partial charge in [-0.25, -0.2) is 4.98 Å². The van der Waals surface area contributed by atoms with Crippen LogP contribution < -0.4 is 5.73 Å². The summed E-state index contributed by atoms with van der Waals surface area (Å²) in [7, 11) is 0. The molecule has 2 aromatic rings. The highest BCUT2D eigenvalue weighted by Crippen LogP contribution is 2.38. The van der Waals surface area contributed by atoms with Gasteiger partial charge in [0.15, 0.2) is 0 Å². The molecule has 1 heterocycles. The summed E-state index contributed by atoms with van der Waals surface area (Å²) in [5, 5.41) is 8.99. The number of aromatic nitrogens is 2. The third-order valence-corrected chi connectivity index (χ3v) is 3.68. The molecule has 5 heteroatoms. The normalized spacial score (nSPS) is 22.1. The number of nitrogens with zero attached hydrogens (tertiary/aromatic N) is 3. The molecule has 1 saturated carbocycles. The van der Waals surface area contributed by atoms with Gasteiger partial charge in [0.1, 0.15) is 0 Å². The number of nitrogens with two attached hydrogens (primary N) is 1. The Kier molecular flexibility index (Phi) is 2.88. The van der Waals surface area contributed by atoms with E-state index in [-0.39, 0.29) is 0 Å². The highest BCUT2D eigenvalue weighted by atomic mass is 16.5. The minimum absolute atomic E-state index is 0.325. The summed E-state index contributed by atoms with van der Waals surface area (Å²) in [4.78, 5) is 4.35. The Balaban J connectivity index is 1.95. The van der Waals surface area contributed by atoms with E-state index in [1.807, 2.05) is 23.6 Å². The maximum atomic E-state index is 8.99. The number of benzene rings is 1. The van der Waals surface area contributed by atoms with Crippen LogP contribution in [0.4, 0.5) is 5.95 Å². The molecule has 1 fully saturated rings. The zero-order chi connectivity index (χ0) is 13.4. The number of rotatable bonds is 3. The Bertz CT molecular complexity index is 649. The predicted octanol–water partition coefficient (Wildman–Crippen LogP) is 2.23. The fourth-order valence-electron chi connectivity index (χ4n) is 2.69. The lowest BCUT2D eigenvalue weighted by Gasteiger charge is -2.36. The summed E-state index contributed by atoms with van der Waals surface area (Å²) in [6, 6.07) is 7.95. The molecule has 0 saturated heterocycles. The summed E-state index contributed by atoms with van der Waals surface area (Å²) in [5.41, 5.74) is 8.42. The van der Waals surface area contributed by atoms with Gasteiger partial charge in [0.05, 0.1) is 28.8 Å². The lowest BCUT2D eigenvalue weighted by molar-refractivity contribution is -0.0181. The maximum Gasteiger partial charge on any atom is 0.201 e. The molecule has 3 rings (SSSR count). The molecule has 0 bridgehead atoms. The molecule has 1 aromatic heterocycles. The zero-order valence-corrected chi connectivity index (χ0v) is 10.8. The molecular weight excluding hydrogens is 240 g/mol. The van der Waals surface area contributed by atoms with Gasteiger partial charge in [0.2, 0.25) is 5.95 Å². The van der Waals surface area contributed by atoms with Gasteiger partial charge in [0.25, 0.3) is 0 Å². The van der Waals surface area contributed by atoms with Gasteiger partial charge in [-0.1, -0.05) is 0 Å². The van der Waals surface area contributed by atoms with Crippen LogP contribution in [0.25, 0.3) is 11.0 Å². The standard InChI is InChI=1S/C14H16N4O/c1-2-19-11-6-10(7-11)18-13-5-9(8-15)3-4-12(13)17-14(18)16/h3-5,10-11H,2,6-7H2,1H3,(H2,16,17). The van der Waals surface area contributed by atoms with Gasteiger partial charge in [-0.2, -0.15) is 5.26 Å². The molecule has 0 radical (unpaired) electrons. The minimum Gasteiger partial charge on any atom is -0.378 e. The molecule has 2 N–H and O–H groups in total. The van der Waals surface area contributed by atoms with Gasteiger partial charge >= 0.3 is 0 Å². The largest absolute Gasteiger partial charge is 0.378 e. The van der Waals surface area contributed by atoms with E-state index in [0.29, 0.717) is 23.7 Å². The average molecular weight is 256 g/mol. The molecule has 0 atom stereocenters. The van der Waals surface area contributed by atoms with E-state index in [1.165, 1.54) is 0 Å². The average Bonchev–Trinajstić information content (AvgIpc) is 2.68. The Morgan fingerprint density at radius 2 is 2.32 bits per heavy atom. The van der Waals surface area contributed by atoms with E-state index >= 15 is 0 Å². The number of hydrogen-bond donors (Lipinski definition) is 1. The van der Waals surface area contributed by atoms with Crippen molar-refractivity contribution in [3.8, 4) is 6.07 Å². The molecule has 98 valence electrons. The van der Waals surface area contributed by atoms with Crippen molar-refractivity contribution in [3.63, 3.8) is 0 Å². The number of nitrogen functional groups attached to an aromatic ring is 1. The highest BCUT2D eigenvalue weighted by Gasteiger charge is 2.33. The van der Waals surface area contributed by atoms with Crippen LogP contribution in [-0.2, 0) is 4.74 Å². The maximum absolute atomic E-state index is 8.99. The lowest BCUT2D eigenvalue weighted by atomic mass is 9.89. The molecule has 1 aromatic carbocycles. The van der Waals surface area contributed by atoms with Gasteiger partial charge in [-0.15, -0.1) is 0 Å². The molecule has 5 nitrogen and oxygen atoms in total. The summed E-state index contributed by atoms with van der Waals surface area (Å²) >= 11 is 0. The summed E-state index contributed by atoms with van der Waals surface area (Å²) in [6.45, 7) is 2.75. The molecule has 1 aliphatic rings. The van der Waals surface area contributed by atoms with Crippen LogP contribution in [0.1, 0.15) is 31.4 Å². The Morgan fingerprint density at radius 3 is 3.00 bits per heavy atom. The number of ether oxygens (including phenoxy) is 1. The third-order valence-electron chi connectivity index (χ3n) is 3.68. The van der Waals surface area contributed by atoms with Crippen molar-refractivity contribution in [3.05, 3.63) is 23.8 Å². The minimum atomic E-state index is 0.325.